The standard InChI is InChI=1S/C24H34Cl4N2O2/c1-15(25)9-29(10-16(2)26)13-21-19-7-5-6-8-20(19)22(24(32)23(21)31)14-30(11-17(3)27)12-18(4)28/h5-8,15-18,31-32H,9-14H2,1-4H3/t15-,16-,17-,18+/m1/s1. The molecule has 0 spiro atoms. The lowest BCUT2D eigenvalue weighted by Gasteiger charge is -2.28. The maximum absolute atomic E-state index is 11.1. The summed E-state index contributed by atoms with van der Waals surface area (Å²) in [6.45, 7) is 11.0. The van der Waals surface area contributed by atoms with Gasteiger partial charge in [-0.05, 0) is 38.5 Å². The van der Waals surface area contributed by atoms with E-state index in [9.17, 15) is 10.2 Å². The molecule has 0 saturated heterocycles. The van der Waals surface area contributed by atoms with Crippen molar-refractivity contribution >= 4 is 57.2 Å². The maximum atomic E-state index is 11.1. The van der Waals surface area contributed by atoms with Crippen LogP contribution >= 0.6 is 46.4 Å². The van der Waals surface area contributed by atoms with Gasteiger partial charge >= 0.3 is 0 Å². The first-order valence-electron chi connectivity index (χ1n) is 10.9. The Labute approximate surface area is 212 Å². The Morgan fingerprint density at radius 2 is 0.906 bits per heavy atom. The summed E-state index contributed by atoms with van der Waals surface area (Å²) in [7, 11) is 0. The quantitative estimate of drug-likeness (QED) is 0.251. The van der Waals surface area contributed by atoms with Crippen LogP contribution in [0.5, 0.6) is 11.5 Å². The molecule has 32 heavy (non-hydrogen) atoms. The van der Waals surface area contributed by atoms with Crippen molar-refractivity contribution in [3.8, 4) is 11.5 Å². The minimum Gasteiger partial charge on any atom is -0.504 e. The Hall–Kier alpha value is -0.620. The van der Waals surface area contributed by atoms with Gasteiger partial charge in [0.15, 0.2) is 11.5 Å². The molecular weight excluding hydrogens is 490 g/mol. The fraction of sp³-hybridized carbons (Fsp3) is 0.583. The van der Waals surface area contributed by atoms with Gasteiger partial charge in [-0.15, -0.1) is 46.4 Å². The van der Waals surface area contributed by atoms with E-state index >= 15 is 0 Å². The zero-order chi connectivity index (χ0) is 24.0. The van der Waals surface area contributed by atoms with E-state index in [0.717, 1.165) is 10.8 Å². The number of phenolic OH excluding ortho intramolecular Hbond substituents is 2. The minimum atomic E-state index is -0.106. The molecule has 180 valence electrons. The number of halogens is 4. The third kappa shape index (κ3) is 8.00. The molecule has 0 aliphatic carbocycles. The van der Waals surface area contributed by atoms with Crippen molar-refractivity contribution in [1.29, 1.82) is 0 Å². The fourth-order valence-electron chi connectivity index (χ4n) is 4.15. The summed E-state index contributed by atoms with van der Waals surface area (Å²) in [6.07, 6.45) is 0. The molecule has 0 radical (unpaired) electrons. The first-order valence-corrected chi connectivity index (χ1v) is 12.7. The summed E-state index contributed by atoms with van der Waals surface area (Å²) in [5, 5.41) is 23.6. The number of aromatic hydroxyl groups is 2. The molecule has 0 heterocycles. The third-order valence-corrected chi connectivity index (χ3v) is 5.73. The Kier molecular flexibility index (Phi) is 11.0. The largest absolute Gasteiger partial charge is 0.504 e. The second-order valence-electron chi connectivity index (χ2n) is 8.71. The predicted molar refractivity (Wildman–Crippen MR) is 139 cm³/mol. The number of benzene rings is 2. The van der Waals surface area contributed by atoms with E-state index in [-0.39, 0.29) is 33.0 Å². The SMILES string of the molecule is C[C@H](Cl)CN(Cc1c(O)c(O)c(CN(C[C@@H](C)Cl)C[C@@H](C)Cl)c2ccccc12)C[C@@H](C)Cl. The van der Waals surface area contributed by atoms with Crippen LogP contribution in [0.3, 0.4) is 0 Å². The molecule has 2 aromatic carbocycles. The number of alkyl halides is 4. The molecule has 0 saturated carbocycles. The molecule has 4 atom stereocenters. The lowest BCUT2D eigenvalue weighted by atomic mass is 9.96. The van der Waals surface area contributed by atoms with Crippen LogP contribution < -0.4 is 0 Å². The van der Waals surface area contributed by atoms with E-state index in [2.05, 4.69) is 9.80 Å². The third-order valence-electron chi connectivity index (χ3n) is 5.18. The molecule has 0 aromatic heterocycles. The summed E-state index contributed by atoms with van der Waals surface area (Å²) in [6, 6.07) is 7.81. The minimum absolute atomic E-state index is 0.0738. The van der Waals surface area contributed by atoms with Crippen molar-refractivity contribution in [3.05, 3.63) is 35.4 Å². The van der Waals surface area contributed by atoms with Crippen LogP contribution in [0.25, 0.3) is 10.8 Å². The van der Waals surface area contributed by atoms with Gasteiger partial charge in [-0.25, -0.2) is 0 Å². The van der Waals surface area contributed by atoms with Gasteiger partial charge in [0.2, 0.25) is 0 Å². The van der Waals surface area contributed by atoms with Gasteiger partial charge in [-0.2, -0.15) is 0 Å². The highest BCUT2D eigenvalue weighted by Gasteiger charge is 2.23. The average molecular weight is 524 g/mol. The Morgan fingerprint density at radius 1 is 0.625 bits per heavy atom. The summed E-state index contributed by atoms with van der Waals surface area (Å²) in [5.41, 5.74) is 1.33. The van der Waals surface area contributed by atoms with Crippen LogP contribution in [-0.2, 0) is 13.1 Å². The van der Waals surface area contributed by atoms with Gasteiger partial charge in [0.05, 0.1) is 0 Å². The predicted octanol–water partition coefficient (Wildman–Crippen LogP) is 6.36. The summed E-state index contributed by atoms with van der Waals surface area (Å²) in [5.74, 6) is -0.211. The zero-order valence-electron chi connectivity index (χ0n) is 19.2. The average Bonchev–Trinajstić information content (AvgIpc) is 2.66. The second kappa shape index (κ2) is 12.7. The van der Waals surface area contributed by atoms with E-state index in [4.69, 9.17) is 46.4 Å². The topological polar surface area (TPSA) is 46.9 Å². The molecule has 8 heteroatoms. The molecule has 0 aliphatic heterocycles. The molecule has 0 amide bonds. The summed E-state index contributed by atoms with van der Waals surface area (Å²) >= 11 is 25.0. The van der Waals surface area contributed by atoms with Crippen molar-refractivity contribution in [2.45, 2.75) is 62.3 Å². The van der Waals surface area contributed by atoms with Gasteiger partial charge in [-0.1, -0.05) is 24.3 Å². The molecular formula is C24H34Cl4N2O2. The van der Waals surface area contributed by atoms with Crippen LogP contribution in [0.4, 0.5) is 0 Å². The summed E-state index contributed by atoms with van der Waals surface area (Å²) < 4.78 is 0. The van der Waals surface area contributed by atoms with Crippen LogP contribution in [0.15, 0.2) is 24.3 Å². The maximum Gasteiger partial charge on any atom is 0.162 e. The van der Waals surface area contributed by atoms with Crippen molar-refractivity contribution < 1.29 is 10.2 Å². The number of rotatable bonds is 12. The zero-order valence-corrected chi connectivity index (χ0v) is 22.2. The van der Waals surface area contributed by atoms with Crippen LogP contribution in [-0.4, -0.2) is 67.7 Å². The van der Waals surface area contributed by atoms with E-state index in [0.29, 0.717) is 50.4 Å². The molecule has 2 rings (SSSR count). The van der Waals surface area contributed by atoms with E-state index in [1.54, 1.807) is 0 Å². The van der Waals surface area contributed by atoms with Crippen LogP contribution in [0.2, 0.25) is 0 Å². The van der Waals surface area contributed by atoms with E-state index in [1.807, 2.05) is 52.0 Å². The van der Waals surface area contributed by atoms with Gasteiger partial charge < -0.3 is 10.2 Å². The van der Waals surface area contributed by atoms with Crippen molar-refractivity contribution in [2.75, 3.05) is 26.2 Å². The molecule has 2 N–H and O–H groups in total. The molecule has 0 aliphatic rings. The number of hydrogen-bond donors (Lipinski definition) is 2. The van der Waals surface area contributed by atoms with E-state index < -0.39 is 0 Å². The number of hydrogen-bond acceptors (Lipinski definition) is 4. The lowest BCUT2D eigenvalue weighted by Crippen LogP contribution is -2.33. The monoisotopic (exact) mass is 522 g/mol. The highest BCUT2D eigenvalue weighted by molar-refractivity contribution is 6.21. The molecule has 0 bridgehead atoms. The molecule has 2 aromatic rings. The number of nitrogens with zero attached hydrogens (tertiary/aromatic N) is 2. The second-order valence-corrected chi connectivity index (χ2v) is 11.7. The fourth-order valence-corrected chi connectivity index (χ4v) is 4.93. The molecule has 0 unspecified atom stereocenters. The Bertz CT molecular complexity index is 784. The number of fused-ring (bicyclic) bond motifs is 1. The van der Waals surface area contributed by atoms with Gasteiger partial charge in [-0.3, -0.25) is 9.80 Å². The highest BCUT2D eigenvalue weighted by atomic mass is 35.5. The summed E-state index contributed by atoms with van der Waals surface area (Å²) in [4.78, 5) is 4.21. The number of phenols is 2. The Balaban J connectivity index is 2.52. The van der Waals surface area contributed by atoms with E-state index in [1.165, 1.54) is 0 Å². The first-order chi connectivity index (χ1) is 15.0. The normalized spacial score (nSPS) is 15.9. The van der Waals surface area contributed by atoms with Gasteiger partial charge in [0, 0.05) is 71.9 Å². The van der Waals surface area contributed by atoms with Gasteiger partial charge in [0.1, 0.15) is 0 Å². The lowest BCUT2D eigenvalue weighted by molar-refractivity contribution is 0.261. The first kappa shape index (κ1) is 27.6. The van der Waals surface area contributed by atoms with Crippen LogP contribution in [0, 0.1) is 0 Å². The van der Waals surface area contributed by atoms with Crippen molar-refractivity contribution in [3.63, 3.8) is 0 Å². The Morgan fingerprint density at radius 3 is 1.16 bits per heavy atom. The highest BCUT2D eigenvalue weighted by Crippen LogP contribution is 2.41. The van der Waals surface area contributed by atoms with Gasteiger partial charge in [0.25, 0.3) is 0 Å². The van der Waals surface area contributed by atoms with Crippen molar-refractivity contribution in [2.24, 2.45) is 0 Å². The molecule has 4 nitrogen and oxygen atoms in total. The van der Waals surface area contributed by atoms with Crippen LogP contribution in [0.1, 0.15) is 38.8 Å². The van der Waals surface area contributed by atoms with Crippen molar-refractivity contribution in [1.82, 2.24) is 9.80 Å². The molecule has 0 fully saturated rings. The smallest absolute Gasteiger partial charge is 0.162 e.